The lowest BCUT2D eigenvalue weighted by Crippen LogP contribution is -2.36. The van der Waals surface area contributed by atoms with E-state index in [4.69, 9.17) is 0 Å². The highest BCUT2D eigenvalue weighted by atomic mass is 32.2. The molecule has 3 aromatic rings. The summed E-state index contributed by atoms with van der Waals surface area (Å²) in [5, 5.41) is 8.37. The van der Waals surface area contributed by atoms with Crippen LogP contribution in [0.4, 0.5) is 0 Å². The van der Waals surface area contributed by atoms with Crippen LogP contribution >= 0.6 is 0 Å². The number of fused-ring (bicyclic) bond motifs is 1. The van der Waals surface area contributed by atoms with Crippen molar-refractivity contribution in [2.24, 2.45) is 7.05 Å². The van der Waals surface area contributed by atoms with Crippen molar-refractivity contribution >= 4 is 15.8 Å². The zero-order chi connectivity index (χ0) is 25.1. The average molecular weight is 508 g/mol. The van der Waals surface area contributed by atoms with Crippen LogP contribution in [0, 0.1) is 0 Å². The molecule has 1 saturated heterocycles. The van der Waals surface area contributed by atoms with Crippen LogP contribution in [-0.4, -0.2) is 64.3 Å². The van der Waals surface area contributed by atoms with Crippen molar-refractivity contribution in [2.45, 2.75) is 50.0 Å². The standard InChI is InChI=1S/C27H33N5O3S/c1-30-26(22-9-4-2-5-10-22)28-29-27(30)25(33)11-8-15-31-18-14-21-12-13-24(19-23(21)20-31)36(34,35)32-16-6-3-7-17-32/h2,4-5,9-10,12-13,19H,3,6-8,11,14-18,20H2,1H3. The van der Waals surface area contributed by atoms with Gasteiger partial charge in [-0.15, -0.1) is 10.2 Å². The maximum absolute atomic E-state index is 13.1. The molecule has 1 aromatic heterocycles. The van der Waals surface area contributed by atoms with E-state index in [0.29, 0.717) is 49.0 Å². The van der Waals surface area contributed by atoms with Crippen molar-refractivity contribution in [3.05, 3.63) is 65.5 Å². The van der Waals surface area contributed by atoms with Crippen molar-refractivity contribution in [3.63, 3.8) is 0 Å². The molecular formula is C27H33N5O3S. The Kier molecular flexibility index (Phi) is 7.32. The van der Waals surface area contributed by atoms with Gasteiger partial charge >= 0.3 is 0 Å². The number of Topliss-reactive ketones (excluding diaryl/α,β-unsaturated/α-hetero) is 1. The fourth-order valence-corrected chi connectivity index (χ4v) is 6.75. The van der Waals surface area contributed by atoms with Gasteiger partial charge in [-0.3, -0.25) is 9.69 Å². The van der Waals surface area contributed by atoms with Gasteiger partial charge in [-0.25, -0.2) is 8.42 Å². The summed E-state index contributed by atoms with van der Waals surface area (Å²) < 4.78 is 29.6. The van der Waals surface area contributed by atoms with E-state index in [1.807, 2.05) is 49.5 Å². The highest BCUT2D eigenvalue weighted by Gasteiger charge is 2.27. The zero-order valence-electron chi connectivity index (χ0n) is 20.8. The molecule has 2 aromatic carbocycles. The van der Waals surface area contributed by atoms with Crippen molar-refractivity contribution < 1.29 is 13.2 Å². The molecule has 1 fully saturated rings. The number of hydrogen-bond acceptors (Lipinski definition) is 6. The Morgan fingerprint density at radius 1 is 0.944 bits per heavy atom. The topological polar surface area (TPSA) is 88.4 Å². The molecule has 5 rings (SSSR count). The van der Waals surface area contributed by atoms with Gasteiger partial charge in [-0.2, -0.15) is 4.31 Å². The summed E-state index contributed by atoms with van der Waals surface area (Å²) in [5.41, 5.74) is 3.22. The van der Waals surface area contributed by atoms with Crippen LogP contribution in [0.15, 0.2) is 53.4 Å². The number of rotatable bonds is 8. The van der Waals surface area contributed by atoms with E-state index in [2.05, 4.69) is 15.1 Å². The van der Waals surface area contributed by atoms with Crippen molar-refractivity contribution in [2.75, 3.05) is 26.2 Å². The van der Waals surface area contributed by atoms with Crippen LogP contribution in [0.2, 0.25) is 0 Å². The first kappa shape index (κ1) is 24.8. The first-order chi connectivity index (χ1) is 17.4. The van der Waals surface area contributed by atoms with Gasteiger partial charge in [-0.05, 0) is 55.5 Å². The number of piperidine rings is 1. The number of sulfonamides is 1. The van der Waals surface area contributed by atoms with E-state index in [0.717, 1.165) is 49.9 Å². The summed E-state index contributed by atoms with van der Waals surface area (Å²) in [6.07, 6.45) is 4.95. The third kappa shape index (κ3) is 5.14. The summed E-state index contributed by atoms with van der Waals surface area (Å²) in [6.45, 7) is 3.60. The van der Waals surface area contributed by atoms with Crippen molar-refractivity contribution in [3.8, 4) is 11.4 Å². The number of nitrogens with zero attached hydrogens (tertiary/aromatic N) is 5. The summed E-state index contributed by atoms with van der Waals surface area (Å²) >= 11 is 0. The molecule has 2 aliphatic rings. The normalized spacial score (nSPS) is 17.1. The zero-order valence-corrected chi connectivity index (χ0v) is 21.6. The minimum atomic E-state index is -3.44. The highest BCUT2D eigenvalue weighted by Crippen LogP contribution is 2.26. The maximum atomic E-state index is 13.1. The molecular weight excluding hydrogens is 474 g/mol. The molecule has 0 radical (unpaired) electrons. The molecule has 8 nitrogen and oxygen atoms in total. The fourth-order valence-electron chi connectivity index (χ4n) is 5.18. The molecule has 2 aliphatic heterocycles. The third-order valence-corrected chi connectivity index (χ3v) is 9.15. The highest BCUT2D eigenvalue weighted by molar-refractivity contribution is 7.89. The van der Waals surface area contributed by atoms with Crippen molar-refractivity contribution in [1.82, 2.24) is 24.0 Å². The second-order valence-electron chi connectivity index (χ2n) is 9.72. The Morgan fingerprint density at radius 2 is 1.72 bits per heavy atom. The number of ketones is 1. The van der Waals surface area contributed by atoms with Gasteiger partial charge in [0.15, 0.2) is 17.4 Å². The first-order valence-electron chi connectivity index (χ1n) is 12.8. The Morgan fingerprint density at radius 3 is 2.50 bits per heavy atom. The summed E-state index contributed by atoms with van der Waals surface area (Å²) in [6, 6.07) is 15.3. The Hall–Kier alpha value is -2.88. The van der Waals surface area contributed by atoms with Gasteiger partial charge < -0.3 is 4.57 Å². The third-order valence-electron chi connectivity index (χ3n) is 7.26. The second kappa shape index (κ2) is 10.6. The monoisotopic (exact) mass is 507 g/mol. The number of carbonyl (C=O) groups is 1. The summed E-state index contributed by atoms with van der Waals surface area (Å²) in [7, 11) is -1.61. The fraction of sp³-hybridized carbons (Fsp3) is 0.444. The van der Waals surface area contributed by atoms with Crippen molar-refractivity contribution in [1.29, 1.82) is 0 Å². The quantitative estimate of drug-likeness (QED) is 0.432. The van der Waals surface area contributed by atoms with Gasteiger partial charge in [-0.1, -0.05) is 42.8 Å². The SMILES string of the molecule is Cn1c(C(=O)CCCN2CCc3ccc(S(=O)(=O)N4CCCCC4)cc3C2)nnc1-c1ccccc1. The Balaban J connectivity index is 1.19. The molecule has 0 aliphatic carbocycles. The van der Waals surface area contributed by atoms with E-state index in [1.54, 1.807) is 14.9 Å². The van der Waals surface area contributed by atoms with Crippen LogP contribution in [0.3, 0.4) is 0 Å². The molecule has 0 N–H and O–H groups in total. The molecule has 0 atom stereocenters. The van der Waals surface area contributed by atoms with Gasteiger partial charge in [0.05, 0.1) is 4.90 Å². The molecule has 36 heavy (non-hydrogen) atoms. The summed E-state index contributed by atoms with van der Waals surface area (Å²) in [4.78, 5) is 15.5. The Bertz CT molecular complexity index is 1330. The van der Waals surface area contributed by atoms with E-state index in [-0.39, 0.29) is 5.78 Å². The van der Waals surface area contributed by atoms with Gasteiger partial charge in [0.2, 0.25) is 10.0 Å². The van der Waals surface area contributed by atoms with Gasteiger partial charge in [0.25, 0.3) is 0 Å². The molecule has 3 heterocycles. The smallest absolute Gasteiger partial charge is 0.243 e. The van der Waals surface area contributed by atoms with Crippen LogP contribution in [0.1, 0.15) is 53.8 Å². The minimum absolute atomic E-state index is 0.0144. The first-order valence-corrected chi connectivity index (χ1v) is 14.2. The molecule has 9 heteroatoms. The Labute approximate surface area is 213 Å². The van der Waals surface area contributed by atoms with Crippen LogP contribution < -0.4 is 0 Å². The van der Waals surface area contributed by atoms with Crippen LogP contribution in [0.25, 0.3) is 11.4 Å². The largest absolute Gasteiger partial charge is 0.308 e. The lowest BCUT2D eigenvalue weighted by Gasteiger charge is -2.30. The molecule has 190 valence electrons. The van der Waals surface area contributed by atoms with E-state index in [1.165, 1.54) is 5.56 Å². The predicted molar refractivity (Wildman–Crippen MR) is 138 cm³/mol. The lowest BCUT2D eigenvalue weighted by atomic mass is 9.99. The van der Waals surface area contributed by atoms with E-state index >= 15 is 0 Å². The van der Waals surface area contributed by atoms with Gasteiger partial charge in [0.1, 0.15) is 0 Å². The van der Waals surface area contributed by atoms with Crippen LogP contribution in [-0.2, 0) is 30.0 Å². The second-order valence-corrected chi connectivity index (χ2v) is 11.7. The minimum Gasteiger partial charge on any atom is -0.308 e. The molecule has 0 bridgehead atoms. The number of benzene rings is 2. The number of carbonyl (C=O) groups excluding carboxylic acids is 1. The average Bonchev–Trinajstić information content (AvgIpc) is 3.30. The van der Waals surface area contributed by atoms with E-state index in [9.17, 15) is 13.2 Å². The number of hydrogen-bond donors (Lipinski definition) is 0. The van der Waals surface area contributed by atoms with Gasteiger partial charge in [0, 0.05) is 45.2 Å². The molecule has 0 saturated carbocycles. The maximum Gasteiger partial charge on any atom is 0.243 e. The number of aromatic nitrogens is 3. The lowest BCUT2D eigenvalue weighted by molar-refractivity contribution is 0.0960. The van der Waals surface area contributed by atoms with E-state index < -0.39 is 10.0 Å². The summed E-state index contributed by atoms with van der Waals surface area (Å²) in [5.74, 6) is 1.05. The molecule has 0 unspecified atom stereocenters. The predicted octanol–water partition coefficient (Wildman–Crippen LogP) is 3.68. The van der Waals surface area contributed by atoms with Crippen LogP contribution in [0.5, 0.6) is 0 Å². The molecule has 0 spiro atoms. The molecule has 0 amide bonds.